The second kappa shape index (κ2) is 8.72. The number of hydrogen-bond acceptors (Lipinski definition) is 5. The Morgan fingerprint density at radius 1 is 1.04 bits per heavy atom. The van der Waals surface area contributed by atoms with Crippen molar-refractivity contribution >= 4 is 32.9 Å². The van der Waals surface area contributed by atoms with E-state index < -0.39 is 15.9 Å². The number of amidine groups is 1. The highest BCUT2D eigenvalue weighted by atomic mass is 32.2. The Morgan fingerprint density at radius 3 is 2.19 bits per heavy atom. The molecule has 0 fully saturated rings. The molecule has 2 aromatic carbocycles. The van der Waals surface area contributed by atoms with Crippen LogP contribution in [-0.2, 0) is 10.0 Å². The topological polar surface area (TPSA) is 96.9 Å². The lowest BCUT2D eigenvalue weighted by Crippen LogP contribution is -2.40. The van der Waals surface area contributed by atoms with Gasteiger partial charge in [-0.05, 0) is 49.6 Å². The summed E-state index contributed by atoms with van der Waals surface area (Å²) < 4.78 is 33.4. The van der Waals surface area contributed by atoms with Crippen LogP contribution < -0.4 is 15.6 Å². The van der Waals surface area contributed by atoms with Gasteiger partial charge in [-0.3, -0.25) is 15.6 Å². The first-order valence-corrected chi connectivity index (χ1v) is 10.2. The molecule has 2 rings (SSSR count). The summed E-state index contributed by atoms with van der Waals surface area (Å²) in [6, 6.07) is 12.9. The summed E-state index contributed by atoms with van der Waals surface area (Å²) in [6.07, 6.45) is 1.65. The zero-order chi connectivity index (χ0) is 19.2. The van der Waals surface area contributed by atoms with Crippen LogP contribution in [0.2, 0.25) is 0 Å². The number of nitrogens with zero attached hydrogens (tertiary/aromatic N) is 1. The highest BCUT2D eigenvalue weighted by Crippen LogP contribution is 2.15. The maximum absolute atomic E-state index is 12.3. The number of carbonyl (C=O) groups excluding carboxylic acids is 1. The smallest absolute Gasteiger partial charge is 0.284 e. The Bertz CT molecular complexity index is 893. The molecule has 0 saturated carbocycles. The molecule has 2 N–H and O–H groups in total. The lowest BCUT2D eigenvalue weighted by molar-refractivity contribution is 0.0944. The minimum Gasteiger partial charge on any atom is -0.497 e. The van der Waals surface area contributed by atoms with Gasteiger partial charge in [0.25, 0.3) is 15.9 Å². The first-order valence-electron chi connectivity index (χ1n) is 7.52. The number of thioether (sulfide) groups is 1. The number of aryl methyl sites for hydroxylation is 1. The summed E-state index contributed by atoms with van der Waals surface area (Å²) in [5, 5.41) is 0.0486. The highest BCUT2D eigenvalue weighted by Gasteiger charge is 2.15. The molecule has 0 aliphatic rings. The van der Waals surface area contributed by atoms with Gasteiger partial charge in [-0.1, -0.05) is 29.5 Å². The van der Waals surface area contributed by atoms with Gasteiger partial charge in [0.05, 0.1) is 12.0 Å². The second-order valence-corrected chi connectivity index (χ2v) is 7.60. The molecule has 0 bridgehead atoms. The Hall–Kier alpha value is -2.52. The Balaban J connectivity index is 2.08. The average molecular weight is 393 g/mol. The van der Waals surface area contributed by atoms with E-state index in [0.29, 0.717) is 11.3 Å². The van der Waals surface area contributed by atoms with Gasteiger partial charge in [-0.15, -0.1) is 4.40 Å². The molecule has 0 aromatic heterocycles. The van der Waals surface area contributed by atoms with Crippen molar-refractivity contribution in [3.05, 3.63) is 59.7 Å². The third kappa shape index (κ3) is 5.24. The minimum absolute atomic E-state index is 0.0486. The van der Waals surface area contributed by atoms with Gasteiger partial charge < -0.3 is 4.74 Å². The Labute approximate surface area is 156 Å². The summed E-state index contributed by atoms with van der Waals surface area (Å²) in [5.41, 5.74) is 6.30. The van der Waals surface area contributed by atoms with Crippen LogP contribution in [-0.4, -0.2) is 32.9 Å². The third-order valence-electron chi connectivity index (χ3n) is 3.35. The normalized spacial score (nSPS) is 11.7. The molecule has 2 aromatic rings. The summed E-state index contributed by atoms with van der Waals surface area (Å²) in [4.78, 5) is 12.2. The van der Waals surface area contributed by atoms with Crippen molar-refractivity contribution in [3.63, 3.8) is 0 Å². The summed E-state index contributed by atoms with van der Waals surface area (Å²) >= 11 is 1.06. The largest absolute Gasteiger partial charge is 0.497 e. The number of benzene rings is 2. The van der Waals surface area contributed by atoms with Crippen molar-refractivity contribution < 1.29 is 17.9 Å². The zero-order valence-corrected chi connectivity index (χ0v) is 16.1. The molecule has 9 heteroatoms. The van der Waals surface area contributed by atoms with Crippen molar-refractivity contribution in [2.24, 2.45) is 4.40 Å². The molecule has 26 heavy (non-hydrogen) atoms. The van der Waals surface area contributed by atoms with Crippen LogP contribution in [0.25, 0.3) is 0 Å². The summed E-state index contributed by atoms with van der Waals surface area (Å²) in [7, 11) is -2.34. The second-order valence-electron chi connectivity index (χ2n) is 5.20. The standard InChI is InChI=1S/C17H19N3O4S2/c1-12-4-10-15(11-5-12)26(22,23)20-17(25-3)19-18-16(21)13-6-8-14(24-2)9-7-13/h4-11H,1-3H3,(H,18,21)(H,19,20). The average Bonchev–Trinajstić information content (AvgIpc) is 2.65. The van der Waals surface area contributed by atoms with Gasteiger partial charge in [0.1, 0.15) is 5.75 Å². The van der Waals surface area contributed by atoms with Crippen molar-refractivity contribution in [1.82, 2.24) is 10.9 Å². The molecule has 1 amide bonds. The number of nitrogens with one attached hydrogen (secondary N) is 2. The van der Waals surface area contributed by atoms with Gasteiger partial charge in [0, 0.05) is 5.56 Å². The van der Waals surface area contributed by atoms with Gasteiger partial charge >= 0.3 is 0 Å². The van der Waals surface area contributed by atoms with Gasteiger partial charge in [0.15, 0.2) is 5.17 Å². The van der Waals surface area contributed by atoms with Crippen LogP contribution in [0.3, 0.4) is 0 Å². The van der Waals surface area contributed by atoms with E-state index in [9.17, 15) is 13.2 Å². The third-order valence-corrected chi connectivity index (χ3v) is 5.34. The van der Waals surface area contributed by atoms with E-state index in [0.717, 1.165) is 17.3 Å². The molecule has 0 radical (unpaired) electrons. The summed E-state index contributed by atoms with van der Waals surface area (Å²) in [5.74, 6) is 0.201. The first kappa shape index (κ1) is 19.8. The van der Waals surface area contributed by atoms with Gasteiger partial charge in [-0.2, -0.15) is 8.42 Å². The molecule has 0 aliphatic heterocycles. The highest BCUT2D eigenvalue weighted by molar-refractivity contribution is 8.13. The van der Waals surface area contributed by atoms with E-state index in [-0.39, 0.29) is 10.1 Å². The lowest BCUT2D eigenvalue weighted by atomic mass is 10.2. The van der Waals surface area contributed by atoms with E-state index >= 15 is 0 Å². The number of hydrazine groups is 1. The van der Waals surface area contributed by atoms with E-state index in [4.69, 9.17) is 4.74 Å². The molecule has 0 unspecified atom stereocenters. The number of carbonyl (C=O) groups is 1. The monoisotopic (exact) mass is 393 g/mol. The van der Waals surface area contributed by atoms with Crippen LogP contribution in [0.4, 0.5) is 0 Å². The van der Waals surface area contributed by atoms with Crippen LogP contribution in [0, 0.1) is 6.92 Å². The first-order chi connectivity index (χ1) is 12.4. The van der Waals surface area contributed by atoms with E-state index in [1.807, 2.05) is 6.92 Å². The number of rotatable bonds is 4. The Kier molecular flexibility index (Phi) is 6.64. The van der Waals surface area contributed by atoms with E-state index in [1.165, 1.54) is 19.2 Å². The number of methoxy groups -OCH3 is 1. The van der Waals surface area contributed by atoms with Crippen LogP contribution in [0.1, 0.15) is 15.9 Å². The van der Waals surface area contributed by atoms with Crippen molar-refractivity contribution in [2.75, 3.05) is 13.4 Å². The predicted octanol–water partition coefficient (Wildman–Crippen LogP) is 2.35. The molecular formula is C17H19N3O4S2. The molecular weight excluding hydrogens is 374 g/mol. The molecule has 0 atom stereocenters. The zero-order valence-electron chi connectivity index (χ0n) is 14.5. The van der Waals surface area contributed by atoms with Crippen molar-refractivity contribution in [1.29, 1.82) is 0 Å². The number of hydrogen-bond donors (Lipinski definition) is 2. The molecule has 0 saturated heterocycles. The maximum atomic E-state index is 12.3. The van der Waals surface area contributed by atoms with E-state index in [2.05, 4.69) is 15.2 Å². The molecule has 0 aliphatic carbocycles. The molecule has 138 valence electrons. The minimum atomic E-state index is -3.87. The molecule has 0 heterocycles. The van der Waals surface area contributed by atoms with Crippen LogP contribution in [0.15, 0.2) is 57.8 Å². The van der Waals surface area contributed by atoms with Crippen LogP contribution in [0.5, 0.6) is 5.75 Å². The summed E-state index contributed by atoms with van der Waals surface area (Å²) in [6.45, 7) is 1.86. The van der Waals surface area contributed by atoms with E-state index in [1.54, 1.807) is 42.7 Å². The predicted molar refractivity (Wildman–Crippen MR) is 103 cm³/mol. The van der Waals surface area contributed by atoms with Gasteiger partial charge in [0.2, 0.25) is 0 Å². The number of sulfonamides is 1. The quantitative estimate of drug-likeness (QED) is 0.470. The fourth-order valence-corrected chi connectivity index (χ4v) is 3.50. The van der Waals surface area contributed by atoms with Gasteiger partial charge in [-0.25, -0.2) is 0 Å². The molecule has 7 nitrogen and oxygen atoms in total. The molecule has 0 spiro atoms. The van der Waals surface area contributed by atoms with Crippen LogP contribution >= 0.6 is 11.8 Å². The van der Waals surface area contributed by atoms with Crippen molar-refractivity contribution in [3.8, 4) is 5.75 Å². The SMILES string of the molecule is COc1ccc(C(=O)NNC(=NS(=O)(=O)c2ccc(C)cc2)SC)cc1. The fraction of sp³-hybridized carbons (Fsp3) is 0.176. The number of ether oxygens (including phenoxy) is 1. The maximum Gasteiger partial charge on any atom is 0.284 e. The lowest BCUT2D eigenvalue weighted by Gasteiger charge is -2.10. The number of amides is 1. The van der Waals surface area contributed by atoms with Crippen molar-refractivity contribution in [2.45, 2.75) is 11.8 Å². The Morgan fingerprint density at radius 2 is 1.65 bits per heavy atom. The fourth-order valence-electron chi connectivity index (χ4n) is 1.91.